The van der Waals surface area contributed by atoms with Crippen LogP contribution in [0.25, 0.3) is 0 Å². The number of hydrogen-bond donors (Lipinski definition) is 0. The average molecular weight is 266 g/mol. The van der Waals surface area contributed by atoms with E-state index < -0.39 is 0 Å². The second kappa shape index (κ2) is 7.14. The number of benzene rings is 1. The highest BCUT2D eigenvalue weighted by Crippen LogP contribution is 2.29. The molecule has 1 aromatic rings. The zero-order chi connectivity index (χ0) is 14.4. The zero-order valence-corrected chi connectivity index (χ0v) is 12.2. The smallest absolute Gasteiger partial charge is 0.188 e. The van der Waals surface area contributed by atoms with Crippen LogP contribution in [0.3, 0.4) is 0 Å². The number of ether oxygens (including phenoxy) is 3. The lowest BCUT2D eigenvalue weighted by Gasteiger charge is -2.14. The van der Waals surface area contributed by atoms with Crippen LogP contribution in [0.1, 0.15) is 38.1 Å². The van der Waals surface area contributed by atoms with Crippen molar-refractivity contribution in [2.24, 2.45) is 0 Å². The third-order valence-corrected chi connectivity index (χ3v) is 2.40. The summed E-state index contributed by atoms with van der Waals surface area (Å²) >= 11 is 0. The fourth-order valence-electron chi connectivity index (χ4n) is 1.52. The number of rotatable bonds is 7. The summed E-state index contributed by atoms with van der Waals surface area (Å²) in [4.78, 5) is 12.0. The third kappa shape index (κ3) is 4.91. The summed E-state index contributed by atoms with van der Waals surface area (Å²) < 4.78 is 16.2. The van der Waals surface area contributed by atoms with Crippen LogP contribution in [0.15, 0.2) is 18.2 Å². The Kier molecular flexibility index (Phi) is 5.83. The Bertz CT molecular complexity index is 424. The number of methoxy groups -OCH3 is 1. The minimum absolute atomic E-state index is 0.0196. The van der Waals surface area contributed by atoms with Crippen molar-refractivity contribution in [2.45, 2.75) is 39.9 Å². The number of Topliss-reactive ketones (excluding diaryl/α,β-unsaturated/α-hetero) is 1. The van der Waals surface area contributed by atoms with E-state index in [1.54, 1.807) is 25.3 Å². The second-order valence-electron chi connectivity index (χ2n) is 4.82. The van der Waals surface area contributed by atoms with Crippen LogP contribution in [-0.2, 0) is 4.74 Å². The maximum absolute atomic E-state index is 12.0. The van der Waals surface area contributed by atoms with Gasteiger partial charge < -0.3 is 14.2 Å². The van der Waals surface area contributed by atoms with Gasteiger partial charge in [0.2, 0.25) is 0 Å². The number of ketones is 1. The Morgan fingerprint density at radius 2 is 1.79 bits per heavy atom. The molecule has 0 unspecified atom stereocenters. The SMILES string of the molecule is COc1ccc(C(=O)COC(C)C)cc1OC(C)C. The van der Waals surface area contributed by atoms with Crippen LogP contribution in [-0.4, -0.2) is 31.7 Å². The van der Waals surface area contributed by atoms with Crippen LogP contribution >= 0.6 is 0 Å². The summed E-state index contributed by atoms with van der Waals surface area (Å²) in [5, 5.41) is 0. The van der Waals surface area contributed by atoms with E-state index >= 15 is 0 Å². The minimum atomic E-state index is -0.0649. The molecule has 0 N–H and O–H groups in total. The first-order valence-electron chi connectivity index (χ1n) is 6.43. The van der Waals surface area contributed by atoms with Gasteiger partial charge in [-0.05, 0) is 45.9 Å². The van der Waals surface area contributed by atoms with Gasteiger partial charge >= 0.3 is 0 Å². The first kappa shape index (κ1) is 15.5. The maximum Gasteiger partial charge on any atom is 0.188 e. The quantitative estimate of drug-likeness (QED) is 0.711. The number of carbonyl (C=O) groups excluding carboxylic acids is 1. The number of carbonyl (C=O) groups is 1. The molecule has 0 saturated heterocycles. The molecule has 0 spiro atoms. The van der Waals surface area contributed by atoms with Crippen LogP contribution in [0, 0.1) is 0 Å². The molecule has 0 amide bonds. The molecule has 0 aliphatic heterocycles. The summed E-state index contributed by atoms with van der Waals surface area (Å²) in [6, 6.07) is 5.16. The van der Waals surface area contributed by atoms with E-state index in [1.807, 2.05) is 27.7 Å². The molecule has 4 heteroatoms. The van der Waals surface area contributed by atoms with E-state index in [-0.39, 0.29) is 24.6 Å². The predicted molar refractivity (Wildman–Crippen MR) is 74.2 cm³/mol. The summed E-state index contributed by atoms with van der Waals surface area (Å²) in [5.41, 5.74) is 0.567. The molecule has 0 saturated carbocycles. The van der Waals surface area contributed by atoms with E-state index in [4.69, 9.17) is 14.2 Å². The highest BCUT2D eigenvalue weighted by Gasteiger charge is 2.13. The van der Waals surface area contributed by atoms with Crippen molar-refractivity contribution in [3.05, 3.63) is 23.8 Å². The average Bonchev–Trinajstić information content (AvgIpc) is 2.35. The normalized spacial score (nSPS) is 10.9. The maximum atomic E-state index is 12.0. The zero-order valence-electron chi connectivity index (χ0n) is 12.2. The van der Waals surface area contributed by atoms with E-state index in [0.717, 1.165) is 0 Å². The molecule has 19 heavy (non-hydrogen) atoms. The van der Waals surface area contributed by atoms with Gasteiger partial charge in [-0.25, -0.2) is 0 Å². The van der Waals surface area contributed by atoms with Gasteiger partial charge in [0.05, 0.1) is 19.3 Å². The molecule has 106 valence electrons. The highest BCUT2D eigenvalue weighted by molar-refractivity contribution is 5.97. The fourth-order valence-corrected chi connectivity index (χ4v) is 1.52. The second-order valence-corrected chi connectivity index (χ2v) is 4.82. The van der Waals surface area contributed by atoms with Gasteiger partial charge in [-0.2, -0.15) is 0 Å². The van der Waals surface area contributed by atoms with Crippen LogP contribution in [0.4, 0.5) is 0 Å². The molecule has 0 aliphatic carbocycles. The Hall–Kier alpha value is -1.55. The molecule has 0 bridgehead atoms. The van der Waals surface area contributed by atoms with Crippen molar-refractivity contribution < 1.29 is 19.0 Å². The van der Waals surface area contributed by atoms with Crippen molar-refractivity contribution in [1.29, 1.82) is 0 Å². The highest BCUT2D eigenvalue weighted by atomic mass is 16.5. The van der Waals surface area contributed by atoms with Crippen LogP contribution in [0.2, 0.25) is 0 Å². The van der Waals surface area contributed by atoms with Gasteiger partial charge in [-0.15, -0.1) is 0 Å². The number of hydrogen-bond acceptors (Lipinski definition) is 4. The van der Waals surface area contributed by atoms with Crippen molar-refractivity contribution in [3.63, 3.8) is 0 Å². The van der Waals surface area contributed by atoms with Crippen LogP contribution in [0.5, 0.6) is 11.5 Å². The largest absolute Gasteiger partial charge is 0.493 e. The van der Waals surface area contributed by atoms with Gasteiger partial charge in [-0.3, -0.25) is 4.79 Å². The van der Waals surface area contributed by atoms with Gasteiger partial charge in [0.1, 0.15) is 6.61 Å². The molecule has 0 aromatic heterocycles. The van der Waals surface area contributed by atoms with Gasteiger partial charge in [0.15, 0.2) is 17.3 Å². The van der Waals surface area contributed by atoms with Gasteiger partial charge in [-0.1, -0.05) is 0 Å². The lowest BCUT2D eigenvalue weighted by molar-refractivity contribution is 0.0584. The molecular formula is C15H22O4. The van der Waals surface area contributed by atoms with Crippen molar-refractivity contribution in [1.82, 2.24) is 0 Å². The third-order valence-electron chi connectivity index (χ3n) is 2.40. The topological polar surface area (TPSA) is 44.8 Å². The molecule has 1 rings (SSSR count). The summed E-state index contributed by atoms with van der Waals surface area (Å²) in [5.74, 6) is 1.13. The van der Waals surface area contributed by atoms with E-state index in [2.05, 4.69) is 0 Å². The lowest BCUT2D eigenvalue weighted by Crippen LogP contribution is -2.14. The van der Waals surface area contributed by atoms with E-state index in [0.29, 0.717) is 17.1 Å². The molecule has 0 radical (unpaired) electrons. The summed E-state index contributed by atoms with van der Waals surface area (Å²) in [7, 11) is 1.58. The standard InChI is InChI=1S/C15H22O4/c1-10(2)18-9-13(16)12-6-7-14(17-5)15(8-12)19-11(3)4/h6-8,10-11H,9H2,1-5H3. The van der Waals surface area contributed by atoms with Crippen LogP contribution < -0.4 is 9.47 Å². The monoisotopic (exact) mass is 266 g/mol. The van der Waals surface area contributed by atoms with Crippen molar-refractivity contribution in [3.8, 4) is 11.5 Å². The van der Waals surface area contributed by atoms with E-state index in [1.165, 1.54) is 0 Å². The Morgan fingerprint density at radius 3 is 2.32 bits per heavy atom. The van der Waals surface area contributed by atoms with Gasteiger partial charge in [0, 0.05) is 5.56 Å². The van der Waals surface area contributed by atoms with Crippen molar-refractivity contribution >= 4 is 5.78 Å². The summed E-state index contributed by atoms with van der Waals surface area (Å²) in [6.07, 6.45) is 0.0553. The molecule has 0 heterocycles. The molecule has 0 atom stereocenters. The molecule has 0 fully saturated rings. The lowest BCUT2D eigenvalue weighted by atomic mass is 10.1. The molecule has 4 nitrogen and oxygen atoms in total. The Morgan fingerprint density at radius 1 is 1.11 bits per heavy atom. The van der Waals surface area contributed by atoms with E-state index in [9.17, 15) is 4.79 Å². The molecule has 0 aliphatic rings. The summed E-state index contributed by atoms with van der Waals surface area (Å²) in [6.45, 7) is 7.72. The molecule has 1 aromatic carbocycles. The first-order valence-corrected chi connectivity index (χ1v) is 6.43. The Balaban J connectivity index is 2.87. The minimum Gasteiger partial charge on any atom is -0.493 e. The van der Waals surface area contributed by atoms with Crippen molar-refractivity contribution in [2.75, 3.05) is 13.7 Å². The van der Waals surface area contributed by atoms with Gasteiger partial charge in [0.25, 0.3) is 0 Å². The predicted octanol–water partition coefficient (Wildman–Crippen LogP) is 3.09. The Labute approximate surface area is 114 Å². The fraction of sp³-hybridized carbons (Fsp3) is 0.533. The molecular weight excluding hydrogens is 244 g/mol. The first-order chi connectivity index (χ1) is 8.93.